The first kappa shape index (κ1) is 21.2. The van der Waals surface area contributed by atoms with Gasteiger partial charge >= 0.3 is 0 Å². The molecule has 1 saturated carbocycles. The molecule has 0 aromatic heterocycles. The molecule has 2 unspecified atom stereocenters. The smallest absolute Gasteiger partial charge is 0.0596 e. The number of hydrogen-bond donors (Lipinski definition) is 2. The summed E-state index contributed by atoms with van der Waals surface area (Å²) in [4.78, 5) is 0. The fourth-order valence-corrected chi connectivity index (χ4v) is 4.42. The zero-order valence-corrected chi connectivity index (χ0v) is 17.8. The molecular weight excluding hydrogens is 308 g/mol. The molecule has 2 N–H and O–H groups in total. The van der Waals surface area contributed by atoms with Gasteiger partial charge in [0.05, 0.1) is 12.7 Å². The van der Waals surface area contributed by atoms with E-state index in [1.165, 1.54) is 45.1 Å². The minimum Gasteiger partial charge on any atom is -0.378 e. The van der Waals surface area contributed by atoms with Crippen LogP contribution >= 0.6 is 0 Å². The van der Waals surface area contributed by atoms with Crippen molar-refractivity contribution in [2.45, 2.75) is 104 Å². The van der Waals surface area contributed by atoms with E-state index in [1.54, 1.807) is 0 Å². The standard InChI is InChI=1S/C22H44N2O/c1-7-17-8-10-18(11-9-17)14-24-22(5,6)13-20-12-19(16-25-20)15-23-21(2,3)4/h17-20,23-24H,7-16H2,1-6H3. The van der Waals surface area contributed by atoms with Gasteiger partial charge in [-0.3, -0.25) is 0 Å². The molecule has 1 aliphatic carbocycles. The summed E-state index contributed by atoms with van der Waals surface area (Å²) < 4.78 is 6.11. The molecule has 0 radical (unpaired) electrons. The van der Waals surface area contributed by atoms with Gasteiger partial charge in [-0.1, -0.05) is 26.2 Å². The Balaban J connectivity index is 1.65. The molecule has 2 aliphatic rings. The first-order chi connectivity index (χ1) is 11.7. The van der Waals surface area contributed by atoms with Crippen molar-refractivity contribution in [3.63, 3.8) is 0 Å². The van der Waals surface area contributed by atoms with Crippen molar-refractivity contribution in [2.75, 3.05) is 19.7 Å². The van der Waals surface area contributed by atoms with Crippen molar-refractivity contribution in [3.05, 3.63) is 0 Å². The van der Waals surface area contributed by atoms with Crippen LogP contribution in [0, 0.1) is 17.8 Å². The van der Waals surface area contributed by atoms with Crippen LogP contribution in [0.5, 0.6) is 0 Å². The fourth-order valence-electron chi connectivity index (χ4n) is 4.42. The number of hydrogen-bond acceptors (Lipinski definition) is 3. The fraction of sp³-hybridized carbons (Fsp3) is 1.00. The maximum Gasteiger partial charge on any atom is 0.0596 e. The van der Waals surface area contributed by atoms with Crippen molar-refractivity contribution < 1.29 is 4.74 Å². The number of ether oxygens (including phenoxy) is 1. The first-order valence-corrected chi connectivity index (χ1v) is 10.8. The molecule has 148 valence electrons. The molecule has 25 heavy (non-hydrogen) atoms. The quantitative estimate of drug-likeness (QED) is 0.661. The average molecular weight is 353 g/mol. The second-order valence-electron chi connectivity index (χ2n) is 10.5. The molecule has 1 saturated heterocycles. The van der Waals surface area contributed by atoms with Crippen LogP contribution in [-0.4, -0.2) is 36.9 Å². The van der Waals surface area contributed by atoms with Crippen molar-refractivity contribution in [1.82, 2.24) is 10.6 Å². The van der Waals surface area contributed by atoms with E-state index in [-0.39, 0.29) is 11.1 Å². The highest BCUT2D eigenvalue weighted by atomic mass is 16.5. The van der Waals surface area contributed by atoms with E-state index in [0.717, 1.165) is 31.4 Å². The molecule has 0 bridgehead atoms. The van der Waals surface area contributed by atoms with Gasteiger partial charge in [-0.2, -0.15) is 0 Å². The summed E-state index contributed by atoms with van der Waals surface area (Å²) >= 11 is 0. The molecule has 3 nitrogen and oxygen atoms in total. The summed E-state index contributed by atoms with van der Waals surface area (Å²) in [5.41, 5.74) is 0.383. The Morgan fingerprint density at radius 1 is 0.840 bits per heavy atom. The topological polar surface area (TPSA) is 33.3 Å². The van der Waals surface area contributed by atoms with E-state index in [9.17, 15) is 0 Å². The van der Waals surface area contributed by atoms with Gasteiger partial charge in [0.1, 0.15) is 0 Å². The third-order valence-corrected chi connectivity index (χ3v) is 6.24. The Hall–Kier alpha value is -0.120. The highest BCUT2D eigenvalue weighted by Gasteiger charge is 2.32. The Morgan fingerprint density at radius 2 is 1.44 bits per heavy atom. The lowest BCUT2D eigenvalue weighted by Gasteiger charge is -2.34. The summed E-state index contributed by atoms with van der Waals surface area (Å²) in [6.45, 7) is 17.0. The van der Waals surface area contributed by atoms with Gasteiger partial charge in [0.2, 0.25) is 0 Å². The van der Waals surface area contributed by atoms with Gasteiger partial charge in [-0.25, -0.2) is 0 Å². The van der Waals surface area contributed by atoms with Crippen molar-refractivity contribution in [2.24, 2.45) is 17.8 Å². The highest BCUT2D eigenvalue weighted by Crippen LogP contribution is 2.31. The van der Waals surface area contributed by atoms with E-state index in [4.69, 9.17) is 4.74 Å². The van der Waals surface area contributed by atoms with Crippen LogP contribution in [0.1, 0.15) is 86.5 Å². The summed E-state index contributed by atoms with van der Waals surface area (Å²) in [5.74, 6) is 2.55. The van der Waals surface area contributed by atoms with Crippen molar-refractivity contribution >= 4 is 0 Å². The minimum atomic E-state index is 0.179. The molecule has 1 aliphatic heterocycles. The third kappa shape index (κ3) is 7.97. The lowest BCUT2D eigenvalue weighted by atomic mass is 9.80. The molecule has 0 aromatic carbocycles. The third-order valence-electron chi connectivity index (χ3n) is 6.24. The van der Waals surface area contributed by atoms with Crippen molar-refractivity contribution in [1.29, 1.82) is 0 Å². The maximum atomic E-state index is 6.11. The zero-order valence-electron chi connectivity index (χ0n) is 17.8. The first-order valence-electron chi connectivity index (χ1n) is 10.8. The van der Waals surface area contributed by atoms with E-state index >= 15 is 0 Å². The second kappa shape index (κ2) is 9.19. The minimum absolute atomic E-state index is 0.179. The predicted molar refractivity (Wildman–Crippen MR) is 108 cm³/mol. The molecule has 2 fully saturated rings. The lowest BCUT2D eigenvalue weighted by Crippen LogP contribution is -2.45. The lowest BCUT2D eigenvalue weighted by molar-refractivity contribution is 0.0772. The Kier molecular flexibility index (Phi) is 7.79. The molecular formula is C22H44N2O. The van der Waals surface area contributed by atoms with Crippen LogP contribution in [0.15, 0.2) is 0 Å². The van der Waals surface area contributed by atoms with Gasteiger partial charge < -0.3 is 15.4 Å². The van der Waals surface area contributed by atoms with E-state index < -0.39 is 0 Å². The Bertz CT molecular complexity index is 380. The molecule has 3 heteroatoms. The van der Waals surface area contributed by atoms with Gasteiger partial charge in [-0.05, 0) is 84.6 Å². The van der Waals surface area contributed by atoms with Crippen LogP contribution in [0.3, 0.4) is 0 Å². The zero-order chi connectivity index (χ0) is 18.5. The molecule has 0 spiro atoms. The van der Waals surface area contributed by atoms with Crippen LogP contribution < -0.4 is 10.6 Å². The van der Waals surface area contributed by atoms with Crippen LogP contribution in [0.4, 0.5) is 0 Å². The van der Waals surface area contributed by atoms with Gasteiger partial charge in [0.25, 0.3) is 0 Å². The van der Waals surface area contributed by atoms with Gasteiger partial charge in [0, 0.05) is 17.6 Å². The van der Waals surface area contributed by atoms with Gasteiger partial charge in [0.15, 0.2) is 0 Å². The summed E-state index contributed by atoms with van der Waals surface area (Å²) in [7, 11) is 0. The SMILES string of the molecule is CCC1CCC(CNC(C)(C)CC2CC(CNC(C)(C)C)CO2)CC1. The van der Waals surface area contributed by atoms with E-state index in [0.29, 0.717) is 12.0 Å². The van der Waals surface area contributed by atoms with Gasteiger partial charge in [-0.15, -0.1) is 0 Å². The van der Waals surface area contributed by atoms with E-state index in [1.807, 2.05) is 0 Å². The monoisotopic (exact) mass is 352 g/mol. The molecule has 2 atom stereocenters. The normalized spacial score (nSPS) is 31.4. The summed E-state index contributed by atoms with van der Waals surface area (Å²) in [6.07, 6.45) is 9.85. The van der Waals surface area contributed by atoms with Crippen LogP contribution in [0.2, 0.25) is 0 Å². The molecule has 2 rings (SSSR count). The van der Waals surface area contributed by atoms with Crippen LogP contribution in [-0.2, 0) is 4.74 Å². The second-order valence-corrected chi connectivity index (χ2v) is 10.5. The average Bonchev–Trinajstić information content (AvgIpc) is 2.98. The van der Waals surface area contributed by atoms with Crippen LogP contribution in [0.25, 0.3) is 0 Å². The largest absolute Gasteiger partial charge is 0.378 e. The molecule has 1 heterocycles. The highest BCUT2D eigenvalue weighted by molar-refractivity contribution is 4.87. The molecule has 0 aromatic rings. The van der Waals surface area contributed by atoms with E-state index in [2.05, 4.69) is 52.2 Å². The number of rotatable bonds is 8. The van der Waals surface area contributed by atoms with Crippen molar-refractivity contribution in [3.8, 4) is 0 Å². The summed E-state index contributed by atoms with van der Waals surface area (Å²) in [5, 5.41) is 7.49. The summed E-state index contributed by atoms with van der Waals surface area (Å²) in [6, 6.07) is 0. The predicted octanol–water partition coefficient (Wildman–Crippen LogP) is 4.75. The number of nitrogens with one attached hydrogen (secondary N) is 2. The maximum absolute atomic E-state index is 6.11. The molecule has 0 amide bonds. The Morgan fingerprint density at radius 3 is 2.04 bits per heavy atom. The Labute approximate surface area is 157 Å².